The van der Waals surface area contributed by atoms with Crippen LogP contribution in [-0.4, -0.2) is 64.3 Å². The van der Waals surface area contributed by atoms with E-state index in [2.05, 4.69) is 10.2 Å². The average molecular weight is 381 g/mol. The summed E-state index contributed by atoms with van der Waals surface area (Å²) in [5, 5.41) is 3.20. The second kappa shape index (κ2) is 9.34. The summed E-state index contributed by atoms with van der Waals surface area (Å²) in [4.78, 5) is 14.6. The molecule has 2 fully saturated rings. The van der Waals surface area contributed by atoms with Gasteiger partial charge in [-0.3, -0.25) is 0 Å². The van der Waals surface area contributed by atoms with E-state index in [9.17, 15) is 9.18 Å². The molecule has 150 valence electrons. The molecular weight excluding hydrogens is 353 g/mol. The molecule has 0 aliphatic carbocycles. The lowest BCUT2D eigenvalue weighted by Gasteiger charge is -2.31. The van der Waals surface area contributed by atoms with Crippen LogP contribution in [0.1, 0.15) is 29.3 Å². The molecule has 1 aromatic rings. The van der Waals surface area contributed by atoms with E-state index < -0.39 is 12.1 Å². The van der Waals surface area contributed by atoms with Crippen molar-refractivity contribution in [2.45, 2.75) is 32.1 Å². The van der Waals surface area contributed by atoms with Crippen LogP contribution in [0, 0.1) is 0 Å². The van der Waals surface area contributed by atoms with Crippen LogP contribution in [0.4, 0.5) is 15.8 Å². The van der Waals surface area contributed by atoms with Crippen LogP contribution >= 0.6 is 0 Å². The zero-order chi connectivity index (χ0) is 19.2. The maximum Gasteiger partial charge on any atom is 0.338 e. The fourth-order valence-electron chi connectivity index (χ4n) is 3.45. The number of benzene rings is 1. The van der Waals surface area contributed by atoms with Crippen molar-refractivity contribution < 1.29 is 23.4 Å². The van der Waals surface area contributed by atoms with Crippen molar-refractivity contribution in [3.63, 3.8) is 0 Å². The lowest BCUT2D eigenvalue weighted by Crippen LogP contribution is -2.44. The number of hydrogen-bond donors (Lipinski definition) is 2. The number of carbonyl (C=O) groups excluding carboxylic acids is 1. The van der Waals surface area contributed by atoms with Gasteiger partial charge in [-0.15, -0.1) is 0 Å². The van der Waals surface area contributed by atoms with E-state index >= 15 is 0 Å². The van der Waals surface area contributed by atoms with Crippen LogP contribution in [0.2, 0.25) is 0 Å². The maximum absolute atomic E-state index is 14.0. The molecule has 0 bridgehead atoms. The number of halogens is 1. The zero-order valence-corrected chi connectivity index (χ0v) is 15.7. The number of anilines is 2. The Kier molecular flexibility index (Phi) is 6.87. The van der Waals surface area contributed by atoms with Gasteiger partial charge in [-0.1, -0.05) is 0 Å². The van der Waals surface area contributed by atoms with E-state index in [0.717, 1.165) is 18.8 Å². The summed E-state index contributed by atoms with van der Waals surface area (Å²) in [6, 6.07) is 3.28. The monoisotopic (exact) mass is 381 g/mol. The normalized spacial score (nSPS) is 23.3. The Labute approximate surface area is 158 Å². The summed E-state index contributed by atoms with van der Waals surface area (Å²) in [5.41, 5.74) is 8.84. The second-order valence-corrected chi connectivity index (χ2v) is 6.76. The number of nitrogens with one attached hydrogen (secondary N) is 1. The second-order valence-electron chi connectivity index (χ2n) is 6.76. The minimum atomic E-state index is -1.06. The number of morpholine rings is 1. The summed E-state index contributed by atoms with van der Waals surface area (Å²) < 4.78 is 29.7. The molecule has 0 aromatic heterocycles. The predicted octanol–water partition coefficient (Wildman–Crippen LogP) is 1.50. The molecule has 2 aliphatic rings. The molecule has 2 heterocycles. The summed E-state index contributed by atoms with van der Waals surface area (Å²) in [5.74, 6) is -0.396. The van der Waals surface area contributed by atoms with Gasteiger partial charge in [0.1, 0.15) is 6.17 Å². The third kappa shape index (κ3) is 4.88. The minimum Gasteiger partial charge on any atom is -0.462 e. The van der Waals surface area contributed by atoms with E-state index in [0.29, 0.717) is 49.6 Å². The molecule has 0 radical (unpaired) electrons. The lowest BCUT2D eigenvalue weighted by atomic mass is 10.0. The first kappa shape index (κ1) is 19.9. The van der Waals surface area contributed by atoms with Crippen molar-refractivity contribution in [1.82, 2.24) is 5.32 Å². The van der Waals surface area contributed by atoms with Gasteiger partial charge in [0.05, 0.1) is 43.4 Å². The first-order valence-electron chi connectivity index (χ1n) is 9.47. The number of rotatable bonds is 6. The van der Waals surface area contributed by atoms with Gasteiger partial charge in [0, 0.05) is 32.3 Å². The first-order chi connectivity index (χ1) is 13.1. The van der Waals surface area contributed by atoms with Gasteiger partial charge in [0.25, 0.3) is 0 Å². The third-order valence-electron chi connectivity index (χ3n) is 4.94. The number of esters is 1. The van der Waals surface area contributed by atoms with Crippen molar-refractivity contribution >= 4 is 17.3 Å². The summed E-state index contributed by atoms with van der Waals surface area (Å²) >= 11 is 0. The molecular formula is C19H28FN3O4. The highest BCUT2D eigenvalue weighted by atomic mass is 19.1. The van der Waals surface area contributed by atoms with Gasteiger partial charge in [0.2, 0.25) is 0 Å². The van der Waals surface area contributed by atoms with Gasteiger partial charge in [-0.25, -0.2) is 9.18 Å². The first-order valence-corrected chi connectivity index (χ1v) is 9.47. The smallest absolute Gasteiger partial charge is 0.338 e. The molecule has 1 unspecified atom stereocenters. The fraction of sp³-hybridized carbons (Fsp3) is 0.632. The van der Waals surface area contributed by atoms with Gasteiger partial charge >= 0.3 is 5.97 Å². The Morgan fingerprint density at radius 1 is 1.33 bits per heavy atom. The molecule has 0 amide bonds. The van der Waals surface area contributed by atoms with Crippen LogP contribution in [-0.2, 0) is 20.8 Å². The number of alkyl halides is 1. The number of hydrogen-bond acceptors (Lipinski definition) is 7. The van der Waals surface area contributed by atoms with Crippen LogP contribution in [0.3, 0.4) is 0 Å². The van der Waals surface area contributed by atoms with Crippen molar-refractivity contribution in [2.24, 2.45) is 0 Å². The number of nitrogens with zero attached hydrogens (tertiary/aromatic N) is 1. The molecule has 27 heavy (non-hydrogen) atoms. The largest absolute Gasteiger partial charge is 0.462 e. The molecule has 3 rings (SSSR count). The molecule has 8 heteroatoms. The lowest BCUT2D eigenvalue weighted by molar-refractivity contribution is 0.0135. The predicted molar refractivity (Wildman–Crippen MR) is 101 cm³/mol. The van der Waals surface area contributed by atoms with E-state index in [-0.39, 0.29) is 19.3 Å². The summed E-state index contributed by atoms with van der Waals surface area (Å²) in [6.07, 6.45) is -0.466. The minimum absolute atomic E-state index is 0.0977. The molecule has 2 saturated heterocycles. The number of nitrogens with two attached hydrogens (primary N) is 1. The highest BCUT2D eigenvalue weighted by Gasteiger charge is 2.26. The Bertz CT molecular complexity index is 652. The van der Waals surface area contributed by atoms with Gasteiger partial charge in [-0.2, -0.15) is 0 Å². The van der Waals surface area contributed by atoms with Crippen molar-refractivity contribution in [3.05, 3.63) is 23.3 Å². The van der Waals surface area contributed by atoms with Crippen LogP contribution in [0.15, 0.2) is 12.1 Å². The van der Waals surface area contributed by atoms with E-state index in [1.165, 1.54) is 0 Å². The molecule has 1 aromatic carbocycles. The van der Waals surface area contributed by atoms with E-state index in [4.69, 9.17) is 19.9 Å². The fourth-order valence-corrected chi connectivity index (χ4v) is 3.45. The number of nitrogen functional groups attached to an aromatic ring is 1. The molecule has 2 atom stereocenters. The Morgan fingerprint density at radius 3 is 2.81 bits per heavy atom. The number of ether oxygens (including phenoxy) is 3. The number of carbonyl (C=O) groups is 1. The van der Waals surface area contributed by atoms with Crippen molar-refractivity contribution in [3.8, 4) is 0 Å². The topological polar surface area (TPSA) is 86.0 Å². The zero-order valence-electron chi connectivity index (χ0n) is 15.7. The Hall–Kier alpha value is -1.90. The Balaban J connectivity index is 1.82. The molecule has 0 saturated carbocycles. The average Bonchev–Trinajstić information content (AvgIpc) is 2.68. The van der Waals surface area contributed by atoms with Crippen molar-refractivity contribution in [1.29, 1.82) is 0 Å². The Morgan fingerprint density at radius 2 is 2.11 bits per heavy atom. The summed E-state index contributed by atoms with van der Waals surface area (Å²) in [6.45, 7) is 5.71. The van der Waals surface area contributed by atoms with Gasteiger partial charge in [-0.05, 0) is 31.0 Å². The molecule has 2 aliphatic heterocycles. The van der Waals surface area contributed by atoms with Crippen LogP contribution in [0.25, 0.3) is 0 Å². The maximum atomic E-state index is 14.0. The standard InChI is InChI=1S/C19H28FN3O4/c1-2-27-19(24)14-10-18(23-4-7-25-8-5-23)16(21)9-13(14)11-22-17-3-6-26-12-15(17)20/h9-10,15,17,22H,2-8,11-12,21H2,1H3/t15-,17?/m0/s1. The van der Waals surface area contributed by atoms with E-state index in [1.54, 1.807) is 19.1 Å². The van der Waals surface area contributed by atoms with Gasteiger partial charge in [0.15, 0.2) is 0 Å². The van der Waals surface area contributed by atoms with Crippen molar-refractivity contribution in [2.75, 3.05) is 56.8 Å². The highest BCUT2D eigenvalue weighted by Crippen LogP contribution is 2.29. The third-order valence-corrected chi connectivity index (χ3v) is 4.94. The SMILES string of the molecule is CCOC(=O)c1cc(N2CCOCC2)c(N)cc1CNC1CCOC[C@@H]1F. The van der Waals surface area contributed by atoms with Gasteiger partial charge < -0.3 is 30.2 Å². The summed E-state index contributed by atoms with van der Waals surface area (Å²) in [7, 11) is 0. The van der Waals surface area contributed by atoms with Crippen LogP contribution < -0.4 is 16.0 Å². The highest BCUT2D eigenvalue weighted by molar-refractivity contribution is 5.94. The van der Waals surface area contributed by atoms with Crippen LogP contribution in [0.5, 0.6) is 0 Å². The molecule has 3 N–H and O–H groups in total. The van der Waals surface area contributed by atoms with E-state index in [1.807, 2.05) is 0 Å². The molecule has 0 spiro atoms. The molecule has 7 nitrogen and oxygen atoms in total. The quantitative estimate of drug-likeness (QED) is 0.570.